The number of aromatic nitrogens is 1. The number of carbonyl (C=O) groups excluding carboxylic acids is 2. The van der Waals surface area contributed by atoms with Crippen LogP contribution in [0.25, 0.3) is 10.9 Å². The number of fused-ring (bicyclic) bond motifs is 1. The van der Waals surface area contributed by atoms with Gasteiger partial charge in [-0.1, -0.05) is 0 Å². The maximum Gasteiger partial charge on any atom is 0.310 e. The first-order valence-electron chi connectivity index (χ1n) is 9.42. The third-order valence-corrected chi connectivity index (χ3v) is 4.65. The Morgan fingerprint density at radius 1 is 1.03 bits per heavy atom. The fourth-order valence-electron chi connectivity index (χ4n) is 3.40. The molecule has 0 saturated carbocycles. The highest BCUT2D eigenvalue weighted by Crippen LogP contribution is 2.34. The van der Waals surface area contributed by atoms with E-state index in [1.807, 2.05) is 0 Å². The van der Waals surface area contributed by atoms with Gasteiger partial charge in [-0.2, -0.15) is 0 Å². The molecule has 158 valence electrons. The molecule has 5 nitrogen and oxygen atoms in total. The van der Waals surface area contributed by atoms with Crippen LogP contribution in [0.3, 0.4) is 0 Å². The smallest absolute Gasteiger partial charge is 0.310 e. The van der Waals surface area contributed by atoms with E-state index in [-0.39, 0.29) is 23.1 Å². The molecule has 0 aliphatic carbocycles. The highest BCUT2D eigenvalue weighted by molar-refractivity contribution is 6.05. The van der Waals surface area contributed by atoms with Crippen LogP contribution in [-0.2, 0) is 16.0 Å². The van der Waals surface area contributed by atoms with E-state index in [0.717, 1.165) is 0 Å². The van der Waals surface area contributed by atoms with E-state index in [1.165, 1.54) is 42.0 Å². The lowest BCUT2D eigenvalue weighted by molar-refractivity contribution is -0.153. The van der Waals surface area contributed by atoms with E-state index in [9.17, 15) is 14.0 Å². The van der Waals surface area contributed by atoms with Crippen LogP contribution in [0, 0.1) is 18.6 Å². The average molecular weight is 415 g/mol. The molecule has 0 bridgehead atoms. The molecular weight excluding hydrogens is 392 g/mol. The third kappa shape index (κ3) is 4.06. The van der Waals surface area contributed by atoms with Crippen molar-refractivity contribution in [2.75, 3.05) is 7.11 Å². The molecule has 7 heteroatoms. The molecule has 3 aromatic rings. The second-order valence-corrected chi connectivity index (χ2v) is 7.95. The lowest BCUT2D eigenvalue weighted by Gasteiger charge is -2.19. The van der Waals surface area contributed by atoms with Gasteiger partial charge in [0.15, 0.2) is 11.6 Å². The molecule has 0 radical (unpaired) electrons. The Kier molecular flexibility index (Phi) is 5.65. The van der Waals surface area contributed by atoms with E-state index in [4.69, 9.17) is 9.47 Å². The number of hydrogen-bond donors (Lipinski definition) is 0. The highest BCUT2D eigenvalue weighted by Gasteiger charge is 2.27. The number of ether oxygens (including phenoxy) is 2. The monoisotopic (exact) mass is 415 g/mol. The van der Waals surface area contributed by atoms with Crippen molar-refractivity contribution in [3.05, 3.63) is 64.9 Å². The van der Waals surface area contributed by atoms with Crippen LogP contribution in [0.15, 0.2) is 36.4 Å². The summed E-state index contributed by atoms with van der Waals surface area (Å²) < 4.78 is 40.2. The predicted octanol–water partition coefficient (Wildman–Crippen LogP) is 4.81. The van der Waals surface area contributed by atoms with Crippen molar-refractivity contribution in [2.45, 2.75) is 39.7 Å². The molecule has 0 saturated heterocycles. The molecule has 0 aliphatic rings. The first kappa shape index (κ1) is 21.5. The Hall–Kier alpha value is -3.22. The summed E-state index contributed by atoms with van der Waals surface area (Å²) in [6, 6.07) is 8.05. The average Bonchev–Trinajstić information content (AvgIpc) is 2.93. The predicted molar refractivity (Wildman–Crippen MR) is 109 cm³/mol. The summed E-state index contributed by atoms with van der Waals surface area (Å²) in [6.45, 7) is 6.85. The number of halogens is 2. The summed E-state index contributed by atoms with van der Waals surface area (Å²) in [5.41, 5.74) is 0.558. The fourth-order valence-corrected chi connectivity index (χ4v) is 3.40. The Bertz CT molecular complexity index is 1130. The van der Waals surface area contributed by atoms with Gasteiger partial charge in [-0.3, -0.25) is 14.2 Å². The summed E-state index contributed by atoms with van der Waals surface area (Å²) in [7, 11) is 1.34. The van der Waals surface area contributed by atoms with Gasteiger partial charge in [-0.25, -0.2) is 8.78 Å². The van der Waals surface area contributed by atoms with Crippen LogP contribution in [0.2, 0.25) is 0 Å². The number of nitrogens with zero attached hydrogens (tertiary/aromatic N) is 1. The van der Waals surface area contributed by atoms with Crippen LogP contribution in [0.1, 0.15) is 42.4 Å². The van der Waals surface area contributed by atoms with Crippen LogP contribution in [-0.4, -0.2) is 29.2 Å². The molecule has 3 rings (SSSR count). The third-order valence-electron chi connectivity index (χ3n) is 4.65. The van der Waals surface area contributed by atoms with Crippen LogP contribution < -0.4 is 4.74 Å². The number of rotatable bonds is 4. The minimum absolute atomic E-state index is 0.000630. The maximum absolute atomic E-state index is 15.2. The zero-order valence-corrected chi connectivity index (χ0v) is 17.5. The molecule has 1 aromatic heterocycles. The zero-order valence-electron chi connectivity index (χ0n) is 17.5. The summed E-state index contributed by atoms with van der Waals surface area (Å²) in [5, 5.41) is 0.119. The van der Waals surface area contributed by atoms with Gasteiger partial charge in [0.05, 0.1) is 19.0 Å². The molecule has 0 atom stereocenters. The van der Waals surface area contributed by atoms with Crippen molar-refractivity contribution < 1.29 is 27.8 Å². The van der Waals surface area contributed by atoms with Crippen LogP contribution in [0.4, 0.5) is 8.78 Å². The number of carbonyl (C=O) groups is 2. The van der Waals surface area contributed by atoms with Crippen molar-refractivity contribution in [3.8, 4) is 5.75 Å². The van der Waals surface area contributed by atoms with Gasteiger partial charge < -0.3 is 9.47 Å². The van der Waals surface area contributed by atoms with E-state index in [1.54, 1.807) is 33.8 Å². The van der Waals surface area contributed by atoms with Gasteiger partial charge in [-0.05, 0) is 69.7 Å². The Balaban J connectivity index is 2.20. The Morgan fingerprint density at radius 2 is 1.67 bits per heavy atom. The van der Waals surface area contributed by atoms with Gasteiger partial charge in [-0.15, -0.1) is 0 Å². The van der Waals surface area contributed by atoms with E-state index in [0.29, 0.717) is 16.8 Å². The van der Waals surface area contributed by atoms with Crippen LogP contribution >= 0.6 is 0 Å². The minimum Gasteiger partial charge on any atom is -0.494 e. The van der Waals surface area contributed by atoms with Crippen molar-refractivity contribution >= 4 is 22.8 Å². The summed E-state index contributed by atoms with van der Waals surface area (Å²) in [4.78, 5) is 25.6. The quantitative estimate of drug-likeness (QED) is 0.574. The van der Waals surface area contributed by atoms with Gasteiger partial charge in [0.2, 0.25) is 0 Å². The first-order valence-corrected chi connectivity index (χ1v) is 9.42. The standard InChI is InChI=1S/C23H23F2NO4/c1-13-16(12-19(27)30-23(2,3)4)20-17(10-11-18(29-5)21(20)25)26(13)22(28)14-6-8-15(24)9-7-14/h6-11H,12H2,1-5H3. The molecule has 0 amide bonds. The van der Waals surface area contributed by atoms with E-state index in [2.05, 4.69) is 0 Å². The number of methoxy groups -OCH3 is 1. The van der Waals surface area contributed by atoms with Gasteiger partial charge in [0, 0.05) is 16.6 Å². The largest absolute Gasteiger partial charge is 0.494 e. The van der Waals surface area contributed by atoms with Crippen molar-refractivity contribution in [2.24, 2.45) is 0 Å². The lowest BCUT2D eigenvalue weighted by Crippen LogP contribution is -2.25. The Labute approximate surface area is 173 Å². The molecule has 30 heavy (non-hydrogen) atoms. The van der Waals surface area contributed by atoms with Crippen LogP contribution in [0.5, 0.6) is 5.75 Å². The molecule has 1 heterocycles. The van der Waals surface area contributed by atoms with Crippen molar-refractivity contribution in [1.82, 2.24) is 4.57 Å². The molecule has 2 aromatic carbocycles. The van der Waals surface area contributed by atoms with Crippen molar-refractivity contribution in [1.29, 1.82) is 0 Å². The Morgan fingerprint density at radius 3 is 2.23 bits per heavy atom. The van der Waals surface area contributed by atoms with Gasteiger partial charge in [0.1, 0.15) is 11.4 Å². The summed E-state index contributed by atoms with van der Waals surface area (Å²) >= 11 is 0. The highest BCUT2D eigenvalue weighted by atomic mass is 19.1. The number of benzene rings is 2. The van der Waals surface area contributed by atoms with E-state index < -0.39 is 29.1 Å². The summed E-state index contributed by atoms with van der Waals surface area (Å²) in [5.74, 6) is -2.14. The van der Waals surface area contributed by atoms with Gasteiger partial charge >= 0.3 is 5.97 Å². The molecule has 0 spiro atoms. The molecule has 0 N–H and O–H groups in total. The second kappa shape index (κ2) is 7.89. The fraction of sp³-hybridized carbons (Fsp3) is 0.304. The first-order chi connectivity index (χ1) is 14.0. The summed E-state index contributed by atoms with van der Waals surface area (Å²) in [6.07, 6.45) is -0.215. The van der Waals surface area contributed by atoms with E-state index >= 15 is 4.39 Å². The normalized spacial score (nSPS) is 11.6. The molecule has 0 fully saturated rings. The lowest BCUT2D eigenvalue weighted by atomic mass is 10.1. The molecule has 0 aliphatic heterocycles. The van der Waals surface area contributed by atoms with Gasteiger partial charge in [0.25, 0.3) is 5.91 Å². The van der Waals surface area contributed by atoms with Crippen molar-refractivity contribution in [3.63, 3.8) is 0 Å². The molecule has 0 unspecified atom stereocenters. The number of esters is 1. The molecular formula is C23H23F2NO4. The number of hydrogen-bond acceptors (Lipinski definition) is 4. The topological polar surface area (TPSA) is 57.5 Å². The SMILES string of the molecule is COc1ccc2c(c1F)c(CC(=O)OC(C)(C)C)c(C)n2C(=O)c1ccc(F)cc1. The zero-order chi connectivity index (χ0) is 22.2. The maximum atomic E-state index is 15.2. The minimum atomic E-state index is -0.705. The second-order valence-electron chi connectivity index (χ2n) is 7.95.